The summed E-state index contributed by atoms with van der Waals surface area (Å²) in [6, 6.07) is 0.639. The SMILES string of the molecule is CC(C)c1noc(N2CCCC(c3ncc[nH]3)C2)n1. The summed E-state index contributed by atoms with van der Waals surface area (Å²) in [7, 11) is 0. The molecule has 6 nitrogen and oxygen atoms in total. The Bertz CT molecular complexity index is 519. The average molecular weight is 261 g/mol. The lowest BCUT2D eigenvalue weighted by Gasteiger charge is -2.30. The fraction of sp³-hybridized carbons (Fsp3) is 0.615. The molecule has 0 radical (unpaired) electrons. The molecule has 0 bridgehead atoms. The van der Waals surface area contributed by atoms with Gasteiger partial charge in [-0.15, -0.1) is 0 Å². The third-order valence-electron chi connectivity index (χ3n) is 3.55. The molecule has 1 unspecified atom stereocenters. The van der Waals surface area contributed by atoms with Gasteiger partial charge in [0.2, 0.25) is 0 Å². The molecule has 102 valence electrons. The van der Waals surface area contributed by atoms with Crippen molar-refractivity contribution in [3.63, 3.8) is 0 Å². The number of aromatic nitrogens is 4. The monoisotopic (exact) mass is 261 g/mol. The van der Waals surface area contributed by atoms with E-state index in [0.717, 1.165) is 37.6 Å². The van der Waals surface area contributed by atoms with Gasteiger partial charge in [0.15, 0.2) is 5.82 Å². The third kappa shape index (κ3) is 2.47. The van der Waals surface area contributed by atoms with Crippen LogP contribution in [0.3, 0.4) is 0 Å². The zero-order valence-corrected chi connectivity index (χ0v) is 11.3. The smallest absolute Gasteiger partial charge is 0.324 e. The van der Waals surface area contributed by atoms with Crippen LogP contribution in [0.25, 0.3) is 0 Å². The van der Waals surface area contributed by atoms with E-state index in [9.17, 15) is 0 Å². The first-order valence-electron chi connectivity index (χ1n) is 6.82. The minimum absolute atomic E-state index is 0.295. The minimum Gasteiger partial charge on any atom is -0.348 e. The van der Waals surface area contributed by atoms with Crippen molar-refractivity contribution in [3.05, 3.63) is 24.0 Å². The minimum atomic E-state index is 0.295. The number of hydrogen-bond acceptors (Lipinski definition) is 5. The second-order valence-corrected chi connectivity index (χ2v) is 5.35. The van der Waals surface area contributed by atoms with Gasteiger partial charge < -0.3 is 14.4 Å². The van der Waals surface area contributed by atoms with Crippen molar-refractivity contribution in [2.24, 2.45) is 0 Å². The van der Waals surface area contributed by atoms with Crippen LogP contribution in [0.15, 0.2) is 16.9 Å². The molecule has 1 aliphatic rings. The zero-order valence-electron chi connectivity index (χ0n) is 11.3. The van der Waals surface area contributed by atoms with Crippen molar-refractivity contribution in [2.45, 2.75) is 38.5 Å². The summed E-state index contributed by atoms with van der Waals surface area (Å²) < 4.78 is 5.37. The lowest BCUT2D eigenvalue weighted by molar-refractivity contribution is 0.384. The molecule has 1 atom stereocenters. The van der Waals surface area contributed by atoms with Crippen LogP contribution in [0.2, 0.25) is 0 Å². The molecule has 6 heteroatoms. The highest BCUT2D eigenvalue weighted by Gasteiger charge is 2.26. The Labute approximate surface area is 112 Å². The van der Waals surface area contributed by atoms with Crippen molar-refractivity contribution in [1.82, 2.24) is 20.1 Å². The zero-order chi connectivity index (χ0) is 13.2. The van der Waals surface area contributed by atoms with Crippen molar-refractivity contribution in [3.8, 4) is 0 Å². The topological polar surface area (TPSA) is 70.8 Å². The van der Waals surface area contributed by atoms with E-state index in [1.165, 1.54) is 0 Å². The molecule has 1 N–H and O–H groups in total. The normalized spacial score (nSPS) is 20.2. The molecule has 3 heterocycles. The maximum atomic E-state index is 5.37. The van der Waals surface area contributed by atoms with Gasteiger partial charge in [0.1, 0.15) is 5.82 Å². The van der Waals surface area contributed by atoms with Crippen LogP contribution in [-0.4, -0.2) is 33.2 Å². The first kappa shape index (κ1) is 12.2. The average Bonchev–Trinajstić information content (AvgIpc) is 3.10. The highest BCUT2D eigenvalue weighted by Crippen LogP contribution is 2.27. The Balaban J connectivity index is 1.74. The van der Waals surface area contributed by atoms with E-state index in [0.29, 0.717) is 17.9 Å². The Kier molecular flexibility index (Phi) is 3.23. The number of imidazole rings is 1. The maximum Gasteiger partial charge on any atom is 0.324 e. The molecule has 19 heavy (non-hydrogen) atoms. The van der Waals surface area contributed by atoms with E-state index in [-0.39, 0.29) is 0 Å². The predicted octanol–water partition coefficient (Wildman–Crippen LogP) is 2.30. The molecule has 0 spiro atoms. The van der Waals surface area contributed by atoms with Gasteiger partial charge >= 0.3 is 6.01 Å². The molecular weight excluding hydrogens is 242 g/mol. The summed E-state index contributed by atoms with van der Waals surface area (Å²) >= 11 is 0. The van der Waals surface area contributed by atoms with Crippen LogP contribution in [0.4, 0.5) is 6.01 Å². The summed E-state index contributed by atoms with van der Waals surface area (Å²) in [6.45, 7) is 5.98. The molecule has 2 aromatic heterocycles. The van der Waals surface area contributed by atoms with E-state index >= 15 is 0 Å². The van der Waals surface area contributed by atoms with Crippen molar-refractivity contribution in [1.29, 1.82) is 0 Å². The maximum absolute atomic E-state index is 5.37. The second-order valence-electron chi connectivity index (χ2n) is 5.35. The van der Waals surface area contributed by atoms with Crippen molar-refractivity contribution in [2.75, 3.05) is 18.0 Å². The third-order valence-corrected chi connectivity index (χ3v) is 3.55. The molecule has 1 saturated heterocycles. The van der Waals surface area contributed by atoms with Gasteiger partial charge in [-0.05, 0) is 12.8 Å². The number of nitrogens with one attached hydrogen (secondary N) is 1. The Hall–Kier alpha value is -1.85. The fourth-order valence-electron chi connectivity index (χ4n) is 2.46. The molecule has 0 saturated carbocycles. The second kappa shape index (κ2) is 5.03. The number of piperidine rings is 1. The first-order chi connectivity index (χ1) is 9.24. The lowest BCUT2D eigenvalue weighted by Crippen LogP contribution is -2.35. The molecular formula is C13H19N5O. The van der Waals surface area contributed by atoms with E-state index in [2.05, 4.69) is 38.9 Å². The van der Waals surface area contributed by atoms with Crippen molar-refractivity contribution < 1.29 is 4.52 Å². The number of anilines is 1. The lowest BCUT2D eigenvalue weighted by atomic mass is 9.98. The van der Waals surface area contributed by atoms with Gasteiger partial charge in [-0.3, -0.25) is 0 Å². The number of nitrogens with zero attached hydrogens (tertiary/aromatic N) is 4. The number of H-pyrrole nitrogens is 1. The van der Waals surface area contributed by atoms with E-state index in [4.69, 9.17) is 4.52 Å². The number of hydrogen-bond donors (Lipinski definition) is 1. The van der Waals surface area contributed by atoms with Crippen molar-refractivity contribution >= 4 is 6.01 Å². The van der Waals surface area contributed by atoms with Crippen LogP contribution in [-0.2, 0) is 0 Å². The highest BCUT2D eigenvalue weighted by molar-refractivity contribution is 5.28. The summed E-state index contributed by atoms with van der Waals surface area (Å²) in [5, 5.41) is 4.03. The standard InChI is InChI=1S/C13H19N5O/c1-9(2)11-16-13(19-17-11)18-7-3-4-10(8-18)12-14-5-6-15-12/h5-6,9-10H,3-4,7-8H2,1-2H3,(H,14,15). The molecule has 3 rings (SSSR count). The first-order valence-corrected chi connectivity index (χ1v) is 6.82. The van der Waals surface area contributed by atoms with Gasteiger partial charge in [-0.25, -0.2) is 4.98 Å². The van der Waals surface area contributed by atoms with Crippen LogP contribution < -0.4 is 4.90 Å². The van der Waals surface area contributed by atoms with Crippen LogP contribution in [0, 0.1) is 0 Å². The summed E-state index contributed by atoms with van der Waals surface area (Å²) in [6.07, 6.45) is 5.94. The Morgan fingerprint density at radius 2 is 2.37 bits per heavy atom. The van der Waals surface area contributed by atoms with E-state index in [1.807, 2.05) is 6.20 Å². The van der Waals surface area contributed by atoms with E-state index in [1.54, 1.807) is 6.20 Å². The van der Waals surface area contributed by atoms with Gasteiger partial charge in [0.25, 0.3) is 0 Å². The predicted molar refractivity (Wildman–Crippen MR) is 71.2 cm³/mol. The van der Waals surface area contributed by atoms with Crippen LogP contribution in [0.5, 0.6) is 0 Å². The summed E-state index contributed by atoms with van der Waals surface area (Å²) in [4.78, 5) is 14.2. The Morgan fingerprint density at radius 1 is 1.47 bits per heavy atom. The molecule has 0 aliphatic carbocycles. The van der Waals surface area contributed by atoms with Gasteiger partial charge in [0, 0.05) is 37.3 Å². The highest BCUT2D eigenvalue weighted by atomic mass is 16.5. The van der Waals surface area contributed by atoms with Gasteiger partial charge in [-0.1, -0.05) is 19.0 Å². The largest absolute Gasteiger partial charge is 0.348 e. The molecule has 0 amide bonds. The van der Waals surface area contributed by atoms with Gasteiger partial charge in [0.05, 0.1) is 0 Å². The Morgan fingerprint density at radius 3 is 3.05 bits per heavy atom. The van der Waals surface area contributed by atoms with Crippen LogP contribution >= 0.6 is 0 Å². The van der Waals surface area contributed by atoms with Gasteiger partial charge in [-0.2, -0.15) is 4.98 Å². The quantitative estimate of drug-likeness (QED) is 0.918. The molecule has 0 aromatic carbocycles. The molecule has 1 aliphatic heterocycles. The van der Waals surface area contributed by atoms with E-state index < -0.39 is 0 Å². The summed E-state index contributed by atoms with van der Waals surface area (Å²) in [5.74, 6) is 2.53. The summed E-state index contributed by atoms with van der Waals surface area (Å²) in [5.41, 5.74) is 0. The number of rotatable bonds is 3. The van der Waals surface area contributed by atoms with Crippen LogP contribution in [0.1, 0.15) is 50.2 Å². The number of aromatic amines is 1. The molecule has 2 aromatic rings. The molecule has 1 fully saturated rings. The fourth-order valence-corrected chi connectivity index (χ4v) is 2.46.